The zero-order valence-corrected chi connectivity index (χ0v) is 27.4. The molecule has 6 rings (SSSR count). The molecule has 6 aliphatic rings. The van der Waals surface area contributed by atoms with Crippen molar-refractivity contribution >= 4 is 0 Å². The van der Waals surface area contributed by atoms with Gasteiger partial charge in [-0.15, -0.1) is 0 Å². The van der Waals surface area contributed by atoms with Crippen molar-refractivity contribution in [2.75, 3.05) is 6.54 Å². The van der Waals surface area contributed by atoms with Gasteiger partial charge in [0.2, 0.25) is 0 Å². The summed E-state index contributed by atoms with van der Waals surface area (Å²) in [6, 6.07) is 0. The second kappa shape index (κ2) is 10.2. The average molecular weight is 550 g/mol. The van der Waals surface area contributed by atoms with E-state index in [0.29, 0.717) is 21.8 Å². The van der Waals surface area contributed by atoms with Crippen LogP contribution in [0.3, 0.4) is 0 Å². The summed E-state index contributed by atoms with van der Waals surface area (Å²) in [7, 11) is 0. The fourth-order valence-electron chi connectivity index (χ4n) is 12.6. The standard InChI is InChI=1S/C38H63NO/c1-26-11-13-28(14-12-26)29-17-21-35(5)30(27(29)2)18-22-37(7)33(35)16-15-31-32-10-8-20-38(32,24-23-36(31,37)6)39-25-9-19-34(3,4)40/h13,17,26-27,30-33,39-40H,8-12,14-16,18-25H2,1-7H3/t26?,27?,30?,31?,32?,33?,35?,36-,37?,38?/m1/s1. The summed E-state index contributed by atoms with van der Waals surface area (Å²) in [5, 5.41) is 14.4. The van der Waals surface area contributed by atoms with Gasteiger partial charge < -0.3 is 10.4 Å². The minimum Gasteiger partial charge on any atom is -0.390 e. The summed E-state index contributed by atoms with van der Waals surface area (Å²) in [5.74, 6) is 5.07. The van der Waals surface area contributed by atoms with Crippen molar-refractivity contribution in [2.24, 2.45) is 51.8 Å². The molecule has 2 heteroatoms. The van der Waals surface area contributed by atoms with Crippen molar-refractivity contribution in [3.05, 3.63) is 23.3 Å². The Kier molecular flexibility index (Phi) is 7.55. The maximum absolute atomic E-state index is 10.2. The highest BCUT2D eigenvalue weighted by molar-refractivity contribution is 5.37. The van der Waals surface area contributed by atoms with Crippen molar-refractivity contribution in [3.8, 4) is 0 Å². The van der Waals surface area contributed by atoms with Gasteiger partial charge in [0.25, 0.3) is 0 Å². The van der Waals surface area contributed by atoms with Crippen LogP contribution in [0, 0.1) is 51.8 Å². The van der Waals surface area contributed by atoms with Crippen molar-refractivity contribution in [1.29, 1.82) is 0 Å². The van der Waals surface area contributed by atoms with Gasteiger partial charge in [-0.25, -0.2) is 0 Å². The van der Waals surface area contributed by atoms with E-state index in [1.807, 2.05) is 13.8 Å². The highest BCUT2D eigenvalue weighted by Crippen LogP contribution is 2.75. The van der Waals surface area contributed by atoms with E-state index in [1.54, 1.807) is 11.1 Å². The van der Waals surface area contributed by atoms with Gasteiger partial charge in [-0.1, -0.05) is 53.2 Å². The molecule has 226 valence electrons. The Morgan fingerprint density at radius 1 is 0.875 bits per heavy atom. The maximum atomic E-state index is 10.2. The largest absolute Gasteiger partial charge is 0.390 e. The Hall–Kier alpha value is -0.600. The number of rotatable bonds is 6. The number of hydrogen-bond donors (Lipinski definition) is 2. The van der Waals surface area contributed by atoms with Crippen molar-refractivity contribution in [1.82, 2.24) is 5.32 Å². The molecule has 4 saturated carbocycles. The lowest BCUT2D eigenvalue weighted by Gasteiger charge is -2.71. The smallest absolute Gasteiger partial charge is 0.0592 e. The summed E-state index contributed by atoms with van der Waals surface area (Å²) in [6.07, 6.45) is 25.5. The van der Waals surface area contributed by atoms with Crippen LogP contribution in [0.5, 0.6) is 0 Å². The van der Waals surface area contributed by atoms with Crippen LogP contribution in [0.25, 0.3) is 0 Å². The van der Waals surface area contributed by atoms with E-state index < -0.39 is 5.60 Å². The molecular formula is C38H63NO. The van der Waals surface area contributed by atoms with Crippen LogP contribution in [0.4, 0.5) is 0 Å². The Bertz CT molecular complexity index is 1020. The van der Waals surface area contributed by atoms with E-state index in [9.17, 15) is 5.11 Å². The van der Waals surface area contributed by atoms with Crippen LogP contribution in [-0.4, -0.2) is 22.8 Å². The Balaban J connectivity index is 1.22. The molecule has 6 aliphatic carbocycles. The molecule has 0 aliphatic heterocycles. The van der Waals surface area contributed by atoms with E-state index in [-0.39, 0.29) is 0 Å². The first-order valence-electron chi connectivity index (χ1n) is 17.7. The van der Waals surface area contributed by atoms with Crippen molar-refractivity contribution < 1.29 is 5.11 Å². The van der Waals surface area contributed by atoms with Gasteiger partial charge in [-0.05, 0) is 173 Å². The monoisotopic (exact) mass is 549 g/mol. The molecule has 0 heterocycles. The first kappa shape index (κ1) is 29.5. The van der Waals surface area contributed by atoms with Crippen LogP contribution in [-0.2, 0) is 0 Å². The van der Waals surface area contributed by atoms with Crippen molar-refractivity contribution in [3.63, 3.8) is 0 Å². The van der Waals surface area contributed by atoms with Gasteiger partial charge in [0, 0.05) is 5.54 Å². The molecule has 40 heavy (non-hydrogen) atoms. The molecule has 0 aromatic carbocycles. The van der Waals surface area contributed by atoms with Gasteiger partial charge in [-0.2, -0.15) is 0 Å². The minimum atomic E-state index is -0.542. The molecule has 0 aromatic heterocycles. The van der Waals surface area contributed by atoms with Crippen LogP contribution in [0.1, 0.15) is 145 Å². The lowest BCUT2D eigenvalue weighted by Crippen LogP contribution is -2.67. The number of aliphatic hydroxyl groups is 1. The summed E-state index contributed by atoms with van der Waals surface area (Å²) in [5.41, 5.74) is 4.72. The fraction of sp³-hybridized carbons (Fsp3) is 0.895. The SMILES string of the molecule is CC1CC=C(C2=CCC3(C)C(CCC4(C)C3CCC3C5CCCC5(NCCCC(C)(C)O)CC[C@]34C)C2C)CC1. The lowest BCUT2D eigenvalue weighted by molar-refractivity contribution is -0.212. The maximum Gasteiger partial charge on any atom is 0.0592 e. The quantitative estimate of drug-likeness (QED) is 0.323. The first-order valence-corrected chi connectivity index (χ1v) is 17.7. The van der Waals surface area contributed by atoms with Crippen LogP contribution in [0.15, 0.2) is 23.3 Å². The topological polar surface area (TPSA) is 32.3 Å². The zero-order chi connectivity index (χ0) is 28.6. The van der Waals surface area contributed by atoms with E-state index in [2.05, 4.69) is 52.1 Å². The van der Waals surface area contributed by atoms with Gasteiger partial charge >= 0.3 is 0 Å². The molecule has 0 saturated heterocycles. The molecule has 0 aromatic rings. The normalized spacial score (nSPS) is 48.8. The van der Waals surface area contributed by atoms with E-state index >= 15 is 0 Å². The predicted octanol–water partition coefficient (Wildman–Crippen LogP) is 9.63. The summed E-state index contributed by atoms with van der Waals surface area (Å²) >= 11 is 0. The van der Waals surface area contributed by atoms with Gasteiger partial charge in [0.1, 0.15) is 0 Å². The highest BCUT2D eigenvalue weighted by atomic mass is 16.3. The molecule has 0 radical (unpaired) electrons. The zero-order valence-electron chi connectivity index (χ0n) is 27.4. The Morgan fingerprint density at radius 2 is 1.68 bits per heavy atom. The molecule has 9 unspecified atom stereocenters. The molecule has 2 N–H and O–H groups in total. The summed E-state index contributed by atoms with van der Waals surface area (Å²) in [6.45, 7) is 18.4. The Morgan fingerprint density at radius 3 is 2.40 bits per heavy atom. The number of nitrogens with one attached hydrogen (secondary N) is 1. The predicted molar refractivity (Wildman–Crippen MR) is 169 cm³/mol. The van der Waals surface area contributed by atoms with Crippen LogP contribution >= 0.6 is 0 Å². The second-order valence-corrected chi connectivity index (χ2v) is 17.5. The first-order chi connectivity index (χ1) is 18.8. The number of hydrogen-bond acceptors (Lipinski definition) is 2. The molecule has 4 fully saturated rings. The second-order valence-electron chi connectivity index (χ2n) is 17.5. The van der Waals surface area contributed by atoms with Crippen LogP contribution in [0.2, 0.25) is 0 Å². The van der Waals surface area contributed by atoms with Gasteiger partial charge in [-0.3, -0.25) is 0 Å². The van der Waals surface area contributed by atoms with E-state index in [1.165, 1.54) is 83.5 Å². The summed E-state index contributed by atoms with van der Waals surface area (Å²) in [4.78, 5) is 0. The minimum absolute atomic E-state index is 0.371. The summed E-state index contributed by atoms with van der Waals surface area (Å²) < 4.78 is 0. The number of fused-ring (bicyclic) bond motifs is 7. The third kappa shape index (κ3) is 4.55. The Labute approximate surface area is 247 Å². The third-order valence-electron chi connectivity index (χ3n) is 15.0. The average Bonchev–Trinajstić information content (AvgIpc) is 3.32. The molecule has 10 atom stereocenters. The molecule has 0 spiro atoms. The van der Waals surface area contributed by atoms with Gasteiger partial charge in [0.15, 0.2) is 0 Å². The van der Waals surface area contributed by atoms with E-state index in [0.717, 1.165) is 54.9 Å². The molecule has 2 nitrogen and oxygen atoms in total. The molecule has 0 amide bonds. The molecular weight excluding hydrogens is 486 g/mol. The van der Waals surface area contributed by atoms with Gasteiger partial charge in [0.05, 0.1) is 5.60 Å². The fourth-order valence-corrected chi connectivity index (χ4v) is 12.6. The lowest BCUT2D eigenvalue weighted by atomic mass is 9.34. The van der Waals surface area contributed by atoms with Crippen molar-refractivity contribution in [2.45, 2.75) is 156 Å². The number of allylic oxidation sites excluding steroid dienone is 4. The van der Waals surface area contributed by atoms with Crippen LogP contribution < -0.4 is 5.32 Å². The van der Waals surface area contributed by atoms with E-state index in [4.69, 9.17) is 0 Å². The third-order valence-corrected chi connectivity index (χ3v) is 15.0. The highest BCUT2D eigenvalue weighted by Gasteiger charge is 2.68. The molecule has 0 bridgehead atoms.